The summed E-state index contributed by atoms with van der Waals surface area (Å²) in [5, 5.41) is 6.27. The summed E-state index contributed by atoms with van der Waals surface area (Å²) in [6, 6.07) is 5.97. The van der Waals surface area contributed by atoms with Crippen molar-refractivity contribution in [2.24, 2.45) is 0 Å². The maximum atomic E-state index is 11.9. The number of benzene rings is 1. The van der Waals surface area contributed by atoms with E-state index in [9.17, 15) is 4.79 Å². The van der Waals surface area contributed by atoms with Crippen LogP contribution in [-0.4, -0.2) is 25.1 Å². The summed E-state index contributed by atoms with van der Waals surface area (Å²) in [5.74, 6) is 1.09. The highest BCUT2D eigenvalue weighted by Gasteiger charge is 2.21. The minimum absolute atomic E-state index is 0.104. The molecule has 2 aliphatic heterocycles. The molecule has 4 nitrogen and oxygen atoms in total. The van der Waals surface area contributed by atoms with Crippen LogP contribution >= 0.6 is 0 Å². The number of carbonyl (C=O) groups excluding carboxylic acids is 1. The molecule has 4 heteroatoms. The summed E-state index contributed by atoms with van der Waals surface area (Å²) >= 11 is 0. The Morgan fingerprint density at radius 1 is 1.33 bits per heavy atom. The Balaban J connectivity index is 1.73. The molecule has 0 radical (unpaired) electrons. The number of rotatable bonds is 2. The normalized spacial score (nSPS) is 22.7. The Morgan fingerprint density at radius 2 is 2.28 bits per heavy atom. The molecule has 0 bridgehead atoms. The highest BCUT2D eigenvalue weighted by Crippen LogP contribution is 2.28. The Bertz CT molecular complexity index is 459. The second-order valence-electron chi connectivity index (χ2n) is 4.90. The molecule has 1 fully saturated rings. The third kappa shape index (κ3) is 2.28. The monoisotopic (exact) mass is 246 g/mol. The van der Waals surface area contributed by atoms with Gasteiger partial charge in [-0.05, 0) is 43.0 Å². The molecule has 2 aliphatic rings. The van der Waals surface area contributed by atoms with E-state index >= 15 is 0 Å². The summed E-state index contributed by atoms with van der Waals surface area (Å²) in [6.07, 6.45) is 4.02. The average Bonchev–Trinajstić information content (AvgIpc) is 2.75. The first kappa shape index (κ1) is 11.4. The Morgan fingerprint density at radius 3 is 3.22 bits per heavy atom. The van der Waals surface area contributed by atoms with Crippen LogP contribution in [0.25, 0.3) is 0 Å². The van der Waals surface area contributed by atoms with Gasteiger partial charge >= 0.3 is 0 Å². The molecule has 96 valence electrons. The maximum Gasteiger partial charge on any atom is 0.242 e. The van der Waals surface area contributed by atoms with Gasteiger partial charge in [-0.25, -0.2) is 0 Å². The van der Waals surface area contributed by atoms with Gasteiger partial charge in [0.2, 0.25) is 5.91 Å². The Labute approximate surface area is 107 Å². The van der Waals surface area contributed by atoms with Crippen LogP contribution in [0.2, 0.25) is 0 Å². The van der Waals surface area contributed by atoms with Crippen molar-refractivity contribution >= 4 is 11.6 Å². The van der Waals surface area contributed by atoms with E-state index in [1.165, 1.54) is 5.56 Å². The van der Waals surface area contributed by atoms with Crippen LogP contribution in [0, 0.1) is 0 Å². The Hall–Kier alpha value is -1.71. The first-order chi connectivity index (χ1) is 8.83. The zero-order chi connectivity index (χ0) is 12.4. The highest BCUT2D eigenvalue weighted by atomic mass is 16.5. The quantitative estimate of drug-likeness (QED) is 0.835. The van der Waals surface area contributed by atoms with E-state index < -0.39 is 0 Å². The fraction of sp³-hybridized carbons (Fsp3) is 0.500. The zero-order valence-electron chi connectivity index (χ0n) is 10.4. The van der Waals surface area contributed by atoms with E-state index in [0.29, 0.717) is 0 Å². The lowest BCUT2D eigenvalue weighted by Crippen LogP contribution is -2.37. The van der Waals surface area contributed by atoms with Gasteiger partial charge in [0.25, 0.3) is 0 Å². The van der Waals surface area contributed by atoms with Crippen molar-refractivity contribution in [2.45, 2.75) is 31.7 Å². The smallest absolute Gasteiger partial charge is 0.242 e. The number of fused-ring (bicyclic) bond motifs is 1. The number of carbonyl (C=O) groups is 1. The SMILES string of the molecule is O=C1NCCCCC1Nc1ccc2c(c1)CCO2. The number of ether oxygens (including phenoxy) is 1. The van der Waals surface area contributed by atoms with Crippen molar-refractivity contribution in [2.75, 3.05) is 18.5 Å². The van der Waals surface area contributed by atoms with Crippen molar-refractivity contribution in [3.63, 3.8) is 0 Å². The lowest BCUT2D eigenvalue weighted by atomic mass is 10.1. The van der Waals surface area contributed by atoms with Crippen molar-refractivity contribution in [3.05, 3.63) is 23.8 Å². The summed E-state index contributed by atoms with van der Waals surface area (Å²) in [6.45, 7) is 1.57. The van der Waals surface area contributed by atoms with Gasteiger partial charge in [-0.3, -0.25) is 4.79 Å². The first-order valence-electron chi connectivity index (χ1n) is 6.63. The van der Waals surface area contributed by atoms with Gasteiger partial charge in [0.15, 0.2) is 0 Å². The molecule has 1 aromatic rings. The molecule has 1 atom stereocenters. The van der Waals surface area contributed by atoms with E-state index in [0.717, 1.165) is 50.3 Å². The summed E-state index contributed by atoms with van der Waals surface area (Å²) in [4.78, 5) is 11.9. The molecule has 2 heterocycles. The summed E-state index contributed by atoms with van der Waals surface area (Å²) in [5.41, 5.74) is 2.25. The van der Waals surface area contributed by atoms with Crippen LogP contribution in [0.5, 0.6) is 5.75 Å². The number of nitrogens with one attached hydrogen (secondary N) is 2. The predicted octanol–water partition coefficient (Wildman–Crippen LogP) is 1.70. The summed E-state index contributed by atoms with van der Waals surface area (Å²) < 4.78 is 5.48. The first-order valence-corrected chi connectivity index (χ1v) is 6.63. The average molecular weight is 246 g/mol. The van der Waals surface area contributed by atoms with Gasteiger partial charge in [-0.15, -0.1) is 0 Å². The second kappa shape index (κ2) is 4.88. The number of anilines is 1. The molecule has 0 saturated carbocycles. The van der Waals surface area contributed by atoms with Crippen LogP contribution in [0.15, 0.2) is 18.2 Å². The van der Waals surface area contributed by atoms with E-state index in [1.807, 2.05) is 12.1 Å². The molecule has 18 heavy (non-hydrogen) atoms. The minimum Gasteiger partial charge on any atom is -0.493 e. The fourth-order valence-electron chi connectivity index (χ4n) is 2.55. The predicted molar refractivity (Wildman–Crippen MR) is 69.9 cm³/mol. The van der Waals surface area contributed by atoms with Crippen molar-refractivity contribution in [3.8, 4) is 5.75 Å². The van der Waals surface area contributed by atoms with Gasteiger partial charge in [0, 0.05) is 18.7 Å². The van der Waals surface area contributed by atoms with Crippen LogP contribution in [0.3, 0.4) is 0 Å². The topological polar surface area (TPSA) is 50.4 Å². The Kier molecular flexibility index (Phi) is 3.09. The molecule has 1 aromatic carbocycles. The second-order valence-corrected chi connectivity index (χ2v) is 4.90. The number of hydrogen-bond acceptors (Lipinski definition) is 3. The van der Waals surface area contributed by atoms with Crippen LogP contribution < -0.4 is 15.4 Å². The number of hydrogen-bond donors (Lipinski definition) is 2. The van der Waals surface area contributed by atoms with Crippen molar-refractivity contribution < 1.29 is 9.53 Å². The highest BCUT2D eigenvalue weighted by molar-refractivity contribution is 5.84. The molecule has 0 spiro atoms. The fourth-order valence-corrected chi connectivity index (χ4v) is 2.55. The maximum absolute atomic E-state index is 11.9. The zero-order valence-corrected chi connectivity index (χ0v) is 10.4. The molecule has 0 aliphatic carbocycles. The third-order valence-corrected chi connectivity index (χ3v) is 3.57. The van der Waals surface area contributed by atoms with Crippen LogP contribution in [0.4, 0.5) is 5.69 Å². The van der Waals surface area contributed by atoms with Crippen molar-refractivity contribution in [1.29, 1.82) is 0 Å². The van der Waals surface area contributed by atoms with E-state index in [1.54, 1.807) is 0 Å². The van der Waals surface area contributed by atoms with E-state index in [4.69, 9.17) is 4.74 Å². The number of amides is 1. The van der Waals surface area contributed by atoms with Crippen molar-refractivity contribution in [1.82, 2.24) is 5.32 Å². The largest absolute Gasteiger partial charge is 0.493 e. The van der Waals surface area contributed by atoms with Gasteiger partial charge in [0.1, 0.15) is 11.8 Å². The lowest BCUT2D eigenvalue weighted by molar-refractivity contribution is -0.121. The molecule has 1 unspecified atom stereocenters. The van der Waals surface area contributed by atoms with Gasteiger partial charge in [-0.2, -0.15) is 0 Å². The third-order valence-electron chi connectivity index (χ3n) is 3.57. The standard InChI is InChI=1S/C14H18N2O2/c17-14-12(3-1-2-7-15-14)16-11-4-5-13-10(9-11)6-8-18-13/h4-5,9,12,16H,1-3,6-8H2,(H,15,17). The molecular weight excluding hydrogens is 228 g/mol. The van der Waals surface area contributed by atoms with E-state index in [2.05, 4.69) is 16.7 Å². The molecular formula is C14H18N2O2. The minimum atomic E-state index is -0.104. The van der Waals surface area contributed by atoms with E-state index in [-0.39, 0.29) is 11.9 Å². The van der Waals surface area contributed by atoms with Crippen LogP contribution in [0.1, 0.15) is 24.8 Å². The van der Waals surface area contributed by atoms with Crippen LogP contribution in [-0.2, 0) is 11.2 Å². The lowest BCUT2D eigenvalue weighted by Gasteiger charge is -2.17. The molecule has 3 rings (SSSR count). The summed E-state index contributed by atoms with van der Waals surface area (Å²) in [7, 11) is 0. The molecule has 0 aromatic heterocycles. The van der Waals surface area contributed by atoms with Gasteiger partial charge < -0.3 is 15.4 Å². The van der Waals surface area contributed by atoms with Gasteiger partial charge in [0.05, 0.1) is 6.61 Å². The molecule has 1 saturated heterocycles. The van der Waals surface area contributed by atoms with Gasteiger partial charge in [-0.1, -0.05) is 0 Å². The molecule has 2 N–H and O–H groups in total. The molecule has 1 amide bonds.